The number of carbonyl (C=O) groups is 1. The summed E-state index contributed by atoms with van der Waals surface area (Å²) >= 11 is 0. The predicted octanol–water partition coefficient (Wildman–Crippen LogP) is 0.965. The molecule has 0 unspecified atom stereocenters. The van der Waals surface area contributed by atoms with Gasteiger partial charge in [-0.2, -0.15) is 0 Å². The Labute approximate surface area is 104 Å². The standard InChI is InChI=1S/C13H15FN2O2/c14-9-2-1-3-11(17)12(9)13(18)16-5-4-8-6-15-7-10(8)16/h1-3,8,10,15,17H,4-7H2/t8-,10+/m0/s1. The first-order valence-electron chi connectivity index (χ1n) is 6.17. The lowest BCUT2D eigenvalue weighted by molar-refractivity contribution is 0.0729. The Morgan fingerprint density at radius 3 is 3.06 bits per heavy atom. The second-order valence-electron chi connectivity index (χ2n) is 4.91. The molecule has 0 aromatic heterocycles. The lowest BCUT2D eigenvalue weighted by atomic mass is 10.0. The normalized spacial score (nSPS) is 26.4. The number of nitrogens with zero attached hydrogens (tertiary/aromatic N) is 1. The quantitative estimate of drug-likeness (QED) is 0.780. The number of amides is 1. The Hall–Kier alpha value is -1.62. The molecule has 2 aliphatic heterocycles. The Kier molecular flexibility index (Phi) is 2.70. The molecule has 2 atom stereocenters. The first-order valence-corrected chi connectivity index (χ1v) is 6.17. The Morgan fingerprint density at radius 1 is 1.44 bits per heavy atom. The lowest BCUT2D eigenvalue weighted by Crippen LogP contribution is -2.39. The van der Waals surface area contributed by atoms with Crippen LogP contribution in [0.2, 0.25) is 0 Å². The van der Waals surface area contributed by atoms with Gasteiger partial charge in [-0.1, -0.05) is 6.07 Å². The number of hydrogen-bond acceptors (Lipinski definition) is 3. The van der Waals surface area contributed by atoms with Crippen molar-refractivity contribution < 1.29 is 14.3 Å². The van der Waals surface area contributed by atoms with Crippen LogP contribution in [0.15, 0.2) is 18.2 Å². The average Bonchev–Trinajstić information content (AvgIpc) is 2.89. The SMILES string of the molecule is O=C(c1c(O)cccc1F)N1CC[C@H]2CNC[C@H]21. The van der Waals surface area contributed by atoms with Crippen LogP contribution in [0.4, 0.5) is 4.39 Å². The van der Waals surface area contributed by atoms with Crippen molar-refractivity contribution in [2.75, 3.05) is 19.6 Å². The van der Waals surface area contributed by atoms with E-state index in [0.29, 0.717) is 12.5 Å². The van der Waals surface area contributed by atoms with Crippen LogP contribution in [-0.2, 0) is 0 Å². The Morgan fingerprint density at radius 2 is 2.28 bits per heavy atom. The summed E-state index contributed by atoms with van der Waals surface area (Å²) in [6, 6.07) is 4.08. The molecule has 2 fully saturated rings. The van der Waals surface area contributed by atoms with Crippen molar-refractivity contribution in [1.82, 2.24) is 10.2 Å². The van der Waals surface area contributed by atoms with Gasteiger partial charge in [-0.15, -0.1) is 0 Å². The fourth-order valence-corrected chi connectivity index (χ4v) is 2.97. The van der Waals surface area contributed by atoms with E-state index in [-0.39, 0.29) is 17.4 Å². The van der Waals surface area contributed by atoms with Crippen LogP contribution in [0, 0.1) is 11.7 Å². The van der Waals surface area contributed by atoms with Crippen molar-refractivity contribution in [3.8, 4) is 5.75 Å². The molecule has 2 saturated heterocycles. The summed E-state index contributed by atoms with van der Waals surface area (Å²) in [5.41, 5.74) is -0.204. The summed E-state index contributed by atoms with van der Waals surface area (Å²) in [6.45, 7) is 2.31. The molecule has 4 nitrogen and oxygen atoms in total. The molecule has 0 aliphatic carbocycles. The van der Waals surface area contributed by atoms with Crippen LogP contribution >= 0.6 is 0 Å². The number of phenolic OH excluding ortho intramolecular Hbond substituents is 1. The summed E-state index contributed by atoms with van der Waals surface area (Å²) in [5.74, 6) is -0.881. The van der Waals surface area contributed by atoms with Gasteiger partial charge in [0.1, 0.15) is 17.1 Å². The van der Waals surface area contributed by atoms with E-state index in [1.165, 1.54) is 18.2 Å². The van der Waals surface area contributed by atoms with Gasteiger partial charge in [-0.25, -0.2) is 4.39 Å². The minimum Gasteiger partial charge on any atom is -0.507 e. The monoisotopic (exact) mass is 250 g/mol. The maximum atomic E-state index is 13.7. The van der Waals surface area contributed by atoms with Crippen LogP contribution in [0.1, 0.15) is 16.8 Å². The van der Waals surface area contributed by atoms with Crippen molar-refractivity contribution in [2.24, 2.45) is 5.92 Å². The molecule has 1 aromatic carbocycles. The van der Waals surface area contributed by atoms with E-state index in [1.807, 2.05) is 0 Å². The molecule has 18 heavy (non-hydrogen) atoms. The van der Waals surface area contributed by atoms with Crippen molar-refractivity contribution in [3.63, 3.8) is 0 Å². The van der Waals surface area contributed by atoms with Gasteiger partial charge < -0.3 is 15.3 Å². The third-order valence-electron chi connectivity index (χ3n) is 3.91. The molecule has 2 heterocycles. The highest BCUT2D eigenvalue weighted by Gasteiger charge is 2.41. The fraction of sp³-hybridized carbons (Fsp3) is 0.462. The van der Waals surface area contributed by atoms with Crippen molar-refractivity contribution in [3.05, 3.63) is 29.6 Å². The van der Waals surface area contributed by atoms with Gasteiger partial charge in [-0.05, 0) is 24.5 Å². The van der Waals surface area contributed by atoms with Crippen molar-refractivity contribution >= 4 is 5.91 Å². The molecule has 0 saturated carbocycles. The molecule has 3 rings (SSSR count). The van der Waals surface area contributed by atoms with E-state index in [0.717, 1.165) is 19.5 Å². The summed E-state index contributed by atoms with van der Waals surface area (Å²) < 4.78 is 13.7. The second kappa shape index (κ2) is 4.24. The van der Waals surface area contributed by atoms with Gasteiger partial charge >= 0.3 is 0 Å². The first kappa shape index (κ1) is 11.5. The largest absolute Gasteiger partial charge is 0.507 e. The van der Waals surface area contributed by atoms with E-state index in [1.54, 1.807) is 4.90 Å². The first-order chi connectivity index (χ1) is 8.68. The zero-order chi connectivity index (χ0) is 12.7. The topological polar surface area (TPSA) is 52.6 Å². The van der Waals surface area contributed by atoms with Crippen LogP contribution in [0.25, 0.3) is 0 Å². The van der Waals surface area contributed by atoms with Gasteiger partial charge in [0.2, 0.25) is 0 Å². The maximum absolute atomic E-state index is 13.7. The summed E-state index contributed by atoms with van der Waals surface area (Å²) in [7, 11) is 0. The van der Waals surface area contributed by atoms with Crippen LogP contribution < -0.4 is 5.32 Å². The summed E-state index contributed by atoms with van der Waals surface area (Å²) in [6.07, 6.45) is 0.943. The third kappa shape index (κ3) is 1.66. The number of likely N-dealkylation sites (tertiary alicyclic amines) is 1. The van der Waals surface area contributed by atoms with Gasteiger partial charge in [0, 0.05) is 25.7 Å². The van der Waals surface area contributed by atoms with E-state index >= 15 is 0 Å². The number of fused-ring (bicyclic) bond motifs is 1. The summed E-state index contributed by atoms with van der Waals surface area (Å²) in [4.78, 5) is 14.0. The number of nitrogens with one attached hydrogen (secondary N) is 1. The second-order valence-corrected chi connectivity index (χ2v) is 4.91. The molecular formula is C13H15FN2O2. The predicted molar refractivity (Wildman–Crippen MR) is 63.9 cm³/mol. The molecule has 1 aromatic rings. The highest BCUT2D eigenvalue weighted by atomic mass is 19.1. The number of benzene rings is 1. The zero-order valence-electron chi connectivity index (χ0n) is 9.90. The molecule has 0 bridgehead atoms. The molecule has 2 N–H and O–H groups in total. The highest BCUT2D eigenvalue weighted by molar-refractivity contribution is 5.97. The Balaban J connectivity index is 1.91. The Bertz CT molecular complexity index is 472. The summed E-state index contributed by atoms with van der Waals surface area (Å²) in [5, 5.41) is 12.9. The average molecular weight is 250 g/mol. The highest BCUT2D eigenvalue weighted by Crippen LogP contribution is 2.31. The van der Waals surface area contributed by atoms with E-state index in [9.17, 15) is 14.3 Å². The number of carbonyl (C=O) groups excluding carboxylic acids is 1. The van der Waals surface area contributed by atoms with E-state index < -0.39 is 11.7 Å². The molecule has 2 aliphatic rings. The maximum Gasteiger partial charge on any atom is 0.260 e. The number of rotatable bonds is 1. The number of hydrogen-bond donors (Lipinski definition) is 2. The smallest absolute Gasteiger partial charge is 0.260 e. The number of phenols is 1. The number of halogens is 1. The molecule has 1 amide bonds. The van der Waals surface area contributed by atoms with Gasteiger partial charge in [0.05, 0.1) is 0 Å². The van der Waals surface area contributed by atoms with Gasteiger partial charge in [-0.3, -0.25) is 4.79 Å². The number of aromatic hydroxyl groups is 1. The van der Waals surface area contributed by atoms with Crippen molar-refractivity contribution in [1.29, 1.82) is 0 Å². The fourth-order valence-electron chi connectivity index (χ4n) is 2.97. The molecular weight excluding hydrogens is 235 g/mol. The van der Waals surface area contributed by atoms with E-state index in [2.05, 4.69) is 5.32 Å². The molecule has 0 spiro atoms. The molecule has 0 radical (unpaired) electrons. The molecule has 96 valence electrons. The van der Waals surface area contributed by atoms with Gasteiger partial charge in [0.15, 0.2) is 0 Å². The minimum absolute atomic E-state index is 0.136. The van der Waals surface area contributed by atoms with Gasteiger partial charge in [0.25, 0.3) is 5.91 Å². The van der Waals surface area contributed by atoms with Crippen LogP contribution in [0.5, 0.6) is 5.75 Å². The zero-order valence-corrected chi connectivity index (χ0v) is 9.90. The van der Waals surface area contributed by atoms with Crippen molar-refractivity contribution in [2.45, 2.75) is 12.5 Å². The third-order valence-corrected chi connectivity index (χ3v) is 3.91. The van der Waals surface area contributed by atoms with Crippen LogP contribution in [0.3, 0.4) is 0 Å². The van der Waals surface area contributed by atoms with E-state index in [4.69, 9.17) is 0 Å². The lowest BCUT2D eigenvalue weighted by Gasteiger charge is -2.23. The minimum atomic E-state index is -0.658. The van der Waals surface area contributed by atoms with Crippen LogP contribution in [-0.4, -0.2) is 41.6 Å². The molecule has 5 heteroatoms.